The molecule has 3 rings (SSSR count). The number of nitrogens with zero attached hydrogens (tertiary/aromatic N) is 1. The highest BCUT2D eigenvalue weighted by atomic mass is 32.2. The number of carbonyl (C=O) groups is 2. The Bertz CT molecular complexity index is 1050. The lowest BCUT2D eigenvalue weighted by molar-refractivity contribution is -0.119. The third-order valence-corrected chi connectivity index (χ3v) is 7.08. The van der Waals surface area contributed by atoms with Crippen LogP contribution in [0.3, 0.4) is 0 Å². The van der Waals surface area contributed by atoms with Gasteiger partial charge in [0.2, 0.25) is 15.9 Å². The number of aryl methyl sites for hydroxylation is 1. The van der Waals surface area contributed by atoms with Crippen LogP contribution in [0.1, 0.15) is 35.7 Å². The molecular weight excluding hydrogens is 392 g/mol. The van der Waals surface area contributed by atoms with Crippen LogP contribution in [0.15, 0.2) is 47.4 Å². The van der Waals surface area contributed by atoms with Gasteiger partial charge in [-0.3, -0.25) is 9.59 Å². The zero-order valence-corrected chi connectivity index (χ0v) is 17.5. The molecule has 0 unspecified atom stereocenters. The van der Waals surface area contributed by atoms with Gasteiger partial charge in [0, 0.05) is 23.9 Å². The number of benzene rings is 2. The number of rotatable bonds is 6. The third-order valence-electron chi connectivity index (χ3n) is 5.02. The Morgan fingerprint density at radius 3 is 2.62 bits per heavy atom. The van der Waals surface area contributed by atoms with Crippen LogP contribution in [-0.4, -0.2) is 44.1 Å². The summed E-state index contributed by atoms with van der Waals surface area (Å²) in [5, 5.41) is 2.75. The van der Waals surface area contributed by atoms with Crippen molar-refractivity contribution in [2.75, 3.05) is 19.0 Å². The zero-order chi connectivity index (χ0) is 21.2. The number of nitrogens with one attached hydrogen (secondary N) is 1. The minimum absolute atomic E-state index is 0.111. The van der Waals surface area contributed by atoms with Crippen LogP contribution in [0.5, 0.6) is 5.75 Å². The molecule has 1 N–H and O–H groups in total. The monoisotopic (exact) mass is 416 g/mol. The minimum atomic E-state index is -3.87. The Kier molecular flexibility index (Phi) is 6.04. The molecule has 2 aromatic rings. The van der Waals surface area contributed by atoms with Gasteiger partial charge in [0.1, 0.15) is 11.8 Å². The highest BCUT2D eigenvalue weighted by Gasteiger charge is 2.40. The largest absolute Gasteiger partial charge is 0.497 e. The van der Waals surface area contributed by atoms with Crippen molar-refractivity contribution in [1.29, 1.82) is 0 Å². The van der Waals surface area contributed by atoms with Crippen molar-refractivity contribution in [1.82, 2.24) is 4.31 Å². The minimum Gasteiger partial charge on any atom is -0.497 e. The van der Waals surface area contributed by atoms with Gasteiger partial charge in [0.15, 0.2) is 5.78 Å². The van der Waals surface area contributed by atoms with Crippen LogP contribution < -0.4 is 10.1 Å². The molecule has 1 saturated heterocycles. The number of carbonyl (C=O) groups excluding carboxylic acids is 2. The quantitative estimate of drug-likeness (QED) is 0.731. The van der Waals surface area contributed by atoms with E-state index in [2.05, 4.69) is 5.32 Å². The molecule has 29 heavy (non-hydrogen) atoms. The van der Waals surface area contributed by atoms with Crippen LogP contribution in [-0.2, 0) is 14.8 Å². The van der Waals surface area contributed by atoms with Gasteiger partial charge in [-0.1, -0.05) is 18.2 Å². The molecule has 1 aliphatic heterocycles. The SMILES string of the molecule is COc1ccc(C)c(S(=O)(=O)N2CCC[C@H]2C(=O)Nc2cccc(C(C)=O)c2)c1. The lowest BCUT2D eigenvalue weighted by Crippen LogP contribution is -2.43. The number of amides is 1. The number of hydrogen-bond acceptors (Lipinski definition) is 5. The standard InChI is InChI=1S/C21H24N2O5S/c1-14-9-10-18(28-3)13-20(14)29(26,27)23-11-5-8-19(23)21(25)22-17-7-4-6-16(12-17)15(2)24/h4,6-7,9-10,12-13,19H,5,8,11H2,1-3H3,(H,22,25)/t19-/m0/s1. The first-order valence-corrected chi connectivity index (χ1v) is 10.8. The molecule has 0 aliphatic carbocycles. The lowest BCUT2D eigenvalue weighted by atomic mass is 10.1. The molecule has 2 aromatic carbocycles. The van der Waals surface area contributed by atoms with E-state index in [-0.39, 0.29) is 17.2 Å². The van der Waals surface area contributed by atoms with E-state index in [1.54, 1.807) is 43.3 Å². The first-order chi connectivity index (χ1) is 13.7. The number of hydrogen-bond donors (Lipinski definition) is 1. The predicted molar refractivity (Wildman–Crippen MR) is 110 cm³/mol. The fourth-order valence-corrected chi connectivity index (χ4v) is 5.34. The predicted octanol–water partition coefficient (Wildman–Crippen LogP) is 3.00. The van der Waals surface area contributed by atoms with Gasteiger partial charge >= 0.3 is 0 Å². The molecular formula is C21H24N2O5S. The first kappa shape index (κ1) is 21.0. The Morgan fingerprint density at radius 1 is 1.17 bits per heavy atom. The Morgan fingerprint density at radius 2 is 1.93 bits per heavy atom. The summed E-state index contributed by atoms with van der Waals surface area (Å²) in [7, 11) is -2.40. The van der Waals surface area contributed by atoms with Crippen molar-refractivity contribution in [2.24, 2.45) is 0 Å². The molecule has 1 heterocycles. The van der Waals surface area contributed by atoms with Crippen LogP contribution >= 0.6 is 0 Å². The van der Waals surface area contributed by atoms with Crippen LogP contribution in [0.2, 0.25) is 0 Å². The Hall–Kier alpha value is -2.71. The van der Waals surface area contributed by atoms with Crippen LogP contribution in [0.4, 0.5) is 5.69 Å². The van der Waals surface area contributed by atoms with Crippen molar-refractivity contribution in [3.8, 4) is 5.75 Å². The van der Waals surface area contributed by atoms with E-state index in [1.165, 1.54) is 24.4 Å². The second kappa shape index (κ2) is 8.34. The van der Waals surface area contributed by atoms with Gasteiger partial charge in [-0.25, -0.2) is 8.42 Å². The Balaban J connectivity index is 1.86. The van der Waals surface area contributed by atoms with Gasteiger partial charge in [-0.05, 0) is 50.5 Å². The van der Waals surface area contributed by atoms with Gasteiger partial charge in [0.25, 0.3) is 0 Å². The topological polar surface area (TPSA) is 92.8 Å². The second-order valence-electron chi connectivity index (χ2n) is 7.03. The van der Waals surface area contributed by atoms with Crippen molar-refractivity contribution in [2.45, 2.75) is 37.6 Å². The average molecular weight is 416 g/mol. The van der Waals surface area contributed by atoms with Gasteiger partial charge in [-0.2, -0.15) is 4.31 Å². The fourth-order valence-electron chi connectivity index (χ4n) is 3.44. The maximum atomic E-state index is 13.3. The number of ether oxygens (including phenoxy) is 1. The molecule has 8 heteroatoms. The first-order valence-electron chi connectivity index (χ1n) is 9.32. The Labute approximate surface area is 170 Å². The van der Waals surface area contributed by atoms with Gasteiger partial charge < -0.3 is 10.1 Å². The fraction of sp³-hybridized carbons (Fsp3) is 0.333. The maximum absolute atomic E-state index is 13.3. The summed E-state index contributed by atoms with van der Waals surface area (Å²) in [6, 6.07) is 10.6. The molecule has 7 nitrogen and oxygen atoms in total. The highest BCUT2D eigenvalue weighted by Crippen LogP contribution is 2.30. The molecule has 0 radical (unpaired) electrons. The van der Waals surface area contributed by atoms with Gasteiger partial charge in [-0.15, -0.1) is 0 Å². The van der Waals surface area contributed by atoms with Gasteiger partial charge in [0.05, 0.1) is 12.0 Å². The molecule has 0 bridgehead atoms. The smallest absolute Gasteiger partial charge is 0.244 e. The van der Waals surface area contributed by atoms with Crippen molar-refractivity contribution >= 4 is 27.4 Å². The van der Waals surface area contributed by atoms with E-state index in [0.717, 1.165) is 0 Å². The van der Waals surface area contributed by atoms with E-state index in [1.807, 2.05) is 0 Å². The molecule has 1 fully saturated rings. The number of anilines is 1. The van der Waals surface area contributed by atoms with E-state index in [0.29, 0.717) is 35.4 Å². The van der Waals surface area contributed by atoms with Crippen molar-refractivity contribution in [3.63, 3.8) is 0 Å². The summed E-state index contributed by atoms with van der Waals surface area (Å²) in [6.07, 6.45) is 1.02. The summed E-state index contributed by atoms with van der Waals surface area (Å²) < 4.78 is 33.0. The molecule has 1 atom stereocenters. The van der Waals surface area contributed by atoms with Crippen LogP contribution in [0, 0.1) is 6.92 Å². The van der Waals surface area contributed by atoms with Crippen molar-refractivity contribution in [3.05, 3.63) is 53.6 Å². The number of Topliss-reactive ketones (excluding diaryl/α,β-unsaturated/α-hetero) is 1. The van der Waals surface area contributed by atoms with E-state index in [4.69, 9.17) is 4.74 Å². The summed E-state index contributed by atoms with van der Waals surface area (Å²) in [4.78, 5) is 24.6. The van der Waals surface area contributed by atoms with E-state index in [9.17, 15) is 18.0 Å². The number of methoxy groups -OCH3 is 1. The maximum Gasteiger partial charge on any atom is 0.244 e. The van der Waals surface area contributed by atoms with E-state index >= 15 is 0 Å². The molecule has 0 saturated carbocycles. The van der Waals surface area contributed by atoms with Crippen molar-refractivity contribution < 1.29 is 22.7 Å². The zero-order valence-electron chi connectivity index (χ0n) is 16.6. The average Bonchev–Trinajstić information content (AvgIpc) is 3.19. The summed E-state index contributed by atoms with van der Waals surface area (Å²) >= 11 is 0. The summed E-state index contributed by atoms with van der Waals surface area (Å²) in [5.74, 6) is -0.0811. The molecule has 0 spiro atoms. The summed E-state index contributed by atoms with van der Waals surface area (Å²) in [6.45, 7) is 3.43. The molecule has 1 aliphatic rings. The highest BCUT2D eigenvalue weighted by molar-refractivity contribution is 7.89. The number of sulfonamides is 1. The number of ketones is 1. The molecule has 0 aromatic heterocycles. The third kappa shape index (κ3) is 4.33. The molecule has 1 amide bonds. The van der Waals surface area contributed by atoms with Crippen LogP contribution in [0.25, 0.3) is 0 Å². The second-order valence-corrected chi connectivity index (χ2v) is 8.89. The molecule has 154 valence electrons. The van der Waals surface area contributed by atoms with E-state index < -0.39 is 22.0 Å². The normalized spacial score (nSPS) is 17.1. The summed E-state index contributed by atoms with van der Waals surface area (Å²) in [5.41, 5.74) is 1.53. The lowest BCUT2D eigenvalue weighted by Gasteiger charge is -2.24.